The van der Waals surface area contributed by atoms with Crippen LogP contribution in [-0.4, -0.2) is 33.7 Å². The van der Waals surface area contributed by atoms with E-state index in [4.69, 9.17) is 4.74 Å². The molecule has 33 heavy (non-hydrogen) atoms. The first-order valence-corrected chi connectivity index (χ1v) is 10.1. The van der Waals surface area contributed by atoms with Crippen molar-refractivity contribution < 1.29 is 32.6 Å². The number of carbonyl (C=O) groups is 2. The lowest BCUT2D eigenvalue weighted by Crippen LogP contribution is -2.38. The number of hydrogen-bond acceptors (Lipinski definition) is 6. The maximum absolute atomic E-state index is 13.1. The van der Waals surface area contributed by atoms with E-state index >= 15 is 0 Å². The molecule has 0 saturated carbocycles. The summed E-state index contributed by atoms with van der Waals surface area (Å²) in [6, 6.07) is 4.32. The Balaban J connectivity index is 1.91. The van der Waals surface area contributed by atoms with Gasteiger partial charge in [-0.25, -0.2) is 0 Å². The second-order valence-electron chi connectivity index (χ2n) is 8.61. The Morgan fingerprint density at radius 3 is 2.36 bits per heavy atom. The van der Waals surface area contributed by atoms with Crippen molar-refractivity contribution in [2.75, 3.05) is 6.54 Å². The predicted molar refractivity (Wildman–Crippen MR) is 112 cm³/mol. The van der Waals surface area contributed by atoms with Crippen molar-refractivity contribution in [2.24, 2.45) is 0 Å². The fraction of sp³-hybridized carbons (Fsp3) is 0.409. The van der Waals surface area contributed by atoms with E-state index in [1.165, 1.54) is 16.7 Å². The molecular weight excluding hydrogens is 443 g/mol. The minimum Gasteiger partial charge on any atom is -0.506 e. The number of benzene rings is 1. The van der Waals surface area contributed by atoms with Crippen molar-refractivity contribution in [1.29, 1.82) is 0 Å². The van der Waals surface area contributed by atoms with Gasteiger partial charge < -0.3 is 25.0 Å². The van der Waals surface area contributed by atoms with Crippen LogP contribution in [0.3, 0.4) is 0 Å². The minimum absolute atomic E-state index is 0.104. The molecule has 0 spiro atoms. The maximum Gasteiger partial charge on any atom is 0.416 e. The highest BCUT2D eigenvalue weighted by atomic mass is 19.4. The number of alkyl halides is 3. The molecule has 0 bridgehead atoms. The molecule has 0 atom stereocenters. The van der Waals surface area contributed by atoms with Crippen molar-refractivity contribution in [2.45, 2.75) is 52.2 Å². The van der Waals surface area contributed by atoms with E-state index in [0.717, 1.165) is 12.1 Å². The van der Waals surface area contributed by atoms with E-state index in [0.29, 0.717) is 16.8 Å². The molecule has 1 aliphatic rings. The number of nitrogens with one attached hydrogen (secondary N) is 2. The van der Waals surface area contributed by atoms with Crippen LogP contribution in [0.2, 0.25) is 0 Å². The standard InChI is InChI=1S/C22H24F3N3O5/c1-21(2,3)33-16(29)10-27-19(31)17-18(30)14-8-26-9-15(14)28(20(17)32)11-12-4-6-13(7-5-12)22(23,24)25/h4-7,26,30H,8-11H2,1-3H3,(H,27,31). The molecule has 0 aliphatic carbocycles. The number of ether oxygens (including phenoxy) is 1. The number of rotatable bonds is 5. The number of pyridine rings is 1. The van der Waals surface area contributed by atoms with Gasteiger partial charge in [0, 0.05) is 24.3 Å². The Kier molecular flexibility index (Phi) is 6.55. The summed E-state index contributed by atoms with van der Waals surface area (Å²) in [6.45, 7) is 4.79. The van der Waals surface area contributed by atoms with Crippen LogP contribution < -0.4 is 16.2 Å². The van der Waals surface area contributed by atoms with Gasteiger partial charge in [0.05, 0.1) is 12.1 Å². The number of nitrogens with zero attached hydrogens (tertiary/aromatic N) is 1. The molecular formula is C22H24F3N3O5. The number of hydrogen-bond donors (Lipinski definition) is 3. The van der Waals surface area contributed by atoms with Gasteiger partial charge in [-0.15, -0.1) is 0 Å². The van der Waals surface area contributed by atoms with Gasteiger partial charge in [-0.2, -0.15) is 13.2 Å². The first-order valence-electron chi connectivity index (χ1n) is 10.1. The molecule has 1 aliphatic heterocycles. The average molecular weight is 467 g/mol. The number of carbonyl (C=O) groups excluding carboxylic acids is 2. The smallest absolute Gasteiger partial charge is 0.416 e. The predicted octanol–water partition coefficient (Wildman–Crippen LogP) is 2.30. The highest BCUT2D eigenvalue weighted by molar-refractivity contribution is 5.98. The van der Waals surface area contributed by atoms with E-state index < -0.39 is 52.6 Å². The van der Waals surface area contributed by atoms with Crippen LogP contribution >= 0.6 is 0 Å². The molecule has 8 nitrogen and oxygen atoms in total. The second-order valence-corrected chi connectivity index (χ2v) is 8.61. The minimum atomic E-state index is -4.49. The number of aromatic nitrogens is 1. The Morgan fingerprint density at radius 2 is 1.79 bits per heavy atom. The molecule has 2 aromatic rings. The lowest BCUT2D eigenvalue weighted by atomic mass is 10.1. The van der Waals surface area contributed by atoms with Crippen LogP contribution in [0, 0.1) is 0 Å². The summed E-state index contributed by atoms with van der Waals surface area (Å²) in [5.41, 5.74) is -1.78. The van der Waals surface area contributed by atoms with Crippen molar-refractivity contribution in [3.63, 3.8) is 0 Å². The lowest BCUT2D eigenvalue weighted by Gasteiger charge is -2.20. The number of halogens is 3. The van der Waals surface area contributed by atoms with Crippen LogP contribution in [0.4, 0.5) is 13.2 Å². The van der Waals surface area contributed by atoms with Crippen molar-refractivity contribution in [3.8, 4) is 5.75 Å². The fourth-order valence-electron chi connectivity index (χ4n) is 3.48. The molecule has 0 radical (unpaired) electrons. The molecule has 2 heterocycles. The molecule has 11 heteroatoms. The SMILES string of the molecule is CC(C)(C)OC(=O)CNC(=O)c1c(O)c2c(n(Cc3ccc(C(F)(F)F)cc3)c1=O)CNC2. The number of aromatic hydroxyl groups is 1. The van der Waals surface area contributed by atoms with E-state index in [-0.39, 0.29) is 19.6 Å². The molecule has 0 unspecified atom stereocenters. The van der Waals surface area contributed by atoms with Gasteiger partial charge in [0.1, 0.15) is 23.5 Å². The van der Waals surface area contributed by atoms with Crippen molar-refractivity contribution in [3.05, 3.63) is 62.6 Å². The quantitative estimate of drug-likeness (QED) is 0.583. The maximum atomic E-state index is 13.1. The molecule has 1 amide bonds. The lowest BCUT2D eigenvalue weighted by molar-refractivity contribution is -0.153. The summed E-state index contributed by atoms with van der Waals surface area (Å²) in [5, 5.41) is 15.8. The zero-order chi connectivity index (χ0) is 24.6. The Morgan fingerprint density at radius 1 is 1.15 bits per heavy atom. The molecule has 0 saturated heterocycles. The summed E-state index contributed by atoms with van der Waals surface area (Å²) < 4.78 is 44.8. The van der Waals surface area contributed by atoms with Crippen LogP contribution in [0.1, 0.15) is 53.5 Å². The van der Waals surface area contributed by atoms with E-state index in [1.807, 2.05) is 0 Å². The van der Waals surface area contributed by atoms with E-state index in [2.05, 4.69) is 10.6 Å². The highest BCUT2D eigenvalue weighted by Crippen LogP contribution is 2.30. The third-order valence-electron chi connectivity index (χ3n) is 4.91. The van der Waals surface area contributed by atoms with Crippen molar-refractivity contribution >= 4 is 11.9 Å². The third-order valence-corrected chi connectivity index (χ3v) is 4.91. The number of esters is 1. The topological polar surface area (TPSA) is 110 Å². The Bertz CT molecular complexity index is 1130. The summed E-state index contributed by atoms with van der Waals surface area (Å²) in [7, 11) is 0. The zero-order valence-corrected chi connectivity index (χ0v) is 18.3. The average Bonchev–Trinajstić information content (AvgIpc) is 3.18. The van der Waals surface area contributed by atoms with Gasteiger partial charge in [0.15, 0.2) is 0 Å². The van der Waals surface area contributed by atoms with Gasteiger partial charge in [-0.3, -0.25) is 14.4 Å². The fourth-order valence-corrected chi connectivity index (χ4v) is 3.48. The van der Waals surface area contributed by atoms with Gasteiger partial charge in [-0.1, -0.05) is 12.1 Å². The van der Waals surface area contributed by atoms with Gasteiger partial charge in [0.25, 0.3) is 11.5 Å². The molecule has 1 aromatic heterocycles. The first-order chi connectivity index (χ1) is 15.3. The summed E-state index contributed by atoms with van der Waals surface area (Å²) in [6.07, 6.45) is -4.49. The van der Waals surface area contributed by atoms with Crippen LogP contribution in [-0.2, 0) is 35.3 Å². The second kappa shape index (κ2) is 8.89. The molecule has 0 fully saturated rings. The third kappa shape index (κ3) is 5.54. The Labute approximate surface area is 187 Å². The normalized spacial score (nSPS) is 13.5. The largest absolute Gasteiger partial charge is 0.506 e. The van der Waals surface area contributed by atoms with Crippen LogP contribution in [0.25, 0.3) is 0 Å². The van der Waals surface area contributed by atoms with Crippen LogP contribution in [0.15, 0.2) is 29.1 Å². The van der Waals surface area contributed by atoms with Crippen molar-refractivity contribution in [1.82, 2.24) is 15.2 Å². The summed E-state index contributed by atoms with van der Waals surface area (Å²) >= 11 is 0. The molecule has 178 valence electrons. The van der Waals surface area contributed by atoms with Gasteiger partial charge in [-0.05, 0) is 38.5 Å². The first kappa shape index (κ1) is 24.3. The molecule has 3 N–H and O–H groups in total. The Hall–Kier alpha value is -3.34. The highest BCUT2D eigenvalue weighted by Gasteiger charge is 2.31. The van der Waals surface area contributed by atoms with E-state index in [1.54, 1.807) is 20.8 Å². The van der Waals surface area contributed by atoms with E-state index in [9.17, 15) is 32.7 Å². The summed E-state index contributed by atoms with van der Waals surface area (Å²) in [4.78, 5) is 37.7. The number of amides is 1. The number of fused-ring (bicyclic) bond motifs is 1. The molecule has 1 aromatic carbocycles. The van der Waals surface area contributed by atoms with Crippen LogP contribution in [0.5, 0.6) is 5.75 Å². The van der Waals surface area contributed by atoms with Gasteiger partial charge in [0.2, 0.25) is 0 Å². The zero-order valence-electron chi connectivity index (χ0n) is 18.3. The summed E-state index contributed by atoms with van der Waals surface area (Å²) in [5.74, 6) is -2.17. The van der Waals surface area contributed by atoms with Gasteiger partial charge >= 0.3 is 12.1 Å². The molecule has 3 rings (SSSR count). The monoisotopic (exact) mass is 467 g/mol.